The largest absolute Gasteiger partial charge is 0.433 e. The summed E-state index contributed by atoms with van der Waals surface area (Å²) in [6, 6.07) is 5.90. The average molecular weight is 182 g/mol. The van der Waals surface area contributed by atoms with E-state index < -0.39 is 6.11 Å². The second-order valence-electron chi connectivity index (χ2n) is 2.58. The van der Waals surface area contributed by atoms with Gasteiger partial charge < -0.3 is 4.74 Å². The zero-order valence-electron chi connectivity index (χ0n) is 7.05. The van der Waals surface area contributed by atoms with E-state index in [-0.39, 0.29) is 5.75 Å². The topological polar surface area (TPSA) is 9.23 Å². The minimum absolute atomic E-state index is 0.103. The zero-order chi connectivity index (χ0) is 9.90. The molecular formula is C10H8F2O. The lowest BCUT2D eigenvalue weighted by molar-refractivity contribution is -0.158. The maximum Gasteiger partial charge on any atom is 0.394 e. The quantitative estimate of drug-likeness (QED) is 0.639. The van der Waals surface area contributed by atoms with E-state index in [1.807, 2.05) is 0 Å². The number of benzene rings is 1. The fourth-order valence-electron chi connectivity index (χ4n) is 0.826. The van der Waals surface area contributed by atoms with Crippen molar-refractivity contribution in [1.29, 1.82) is 0 Å². The predicted molar refractivity (Wildman–Crippen MR) is 45.6 cm³/mol. The standard InChI is InChI=1S/C10H8F2O/c1-3-8-4-6-9(7-5-8)13-10(2,11)12/h1,4-7H,2H3. The van der Waals surface area contributed by atoms with Crippen molar-refractivity contribution >= 4 is 0 Å². The number of terminal acetylenes is 1. The minimum Gasteiger partial charge on any atom is -0.433 e. The van der Waals surface area contributed by atoms with Gasteiger partial charge in [0.05, 0.1) is 0 Å². The molecule has 0 bridgehead atoms. The zero-order valence-corrected chi connectivity index (χ0v) is 7.05. The summed E-state index contributed by atoms with van der Waals surface area (Å²) in [5.74, 6) is 2.48. The highest BCUT2D eigenvalue weighted by atomic mass is 19.3. The Balaban J connectivity index is 2.77. The Labute approximate surface area is 75.3 Å². The highest BCUT2D eigenvalue weighted by Gasteiger charge is 2.22. The first kappa shape index (κ1) is 9.53. The second kappa shape index (κ2) is 3.44. The molecule has 0 aromatic heterocycles. The van der Waals surface area contributed by atoms with Crippen molar-refractivity contribution in [1.82, 2.24) is 0 Å². The summed E-state index contributed by atoms with van der Waals surface area (Å²) in [6.07, 6.45) is 1.93. The Bertz CT molecular complexity index is 316. The van der Waals surface area contributed by atoms with Crippen LogP contribution < -0.4 is 4.74 Å². The molecule has 0 aliphatic carbocycles. The summed E-state index contributed by atoms with van der Waals surface area (Å²) in [5, 5.41) is 0. The van der Waals surface area contributed by atoms with Crippen LogP contribution in [0.1, 0.15) is 12.5 Å². The molecule has 68 valence electrons. The van der Waals surface area contributed by atoms with Crippen LogP contribution in [-0.2, 0) is 0 Å². The van der Waals surface area contributed by atoms with Crippen LogP contribution in [0.5, 0.6) is 5.75 Å². The first-order valence-corrected chi connectivity index (χ1v) is 3.65. The van der Waals surface area contributed by atoms with Crippen molar-refractivity contribution in [3.05, 3.63) is 29.8 Å². The molecule has 0 N–H and O–H groups in total. The maximum absolute atomic E-state index is 12.3. The Morgan fingerprint density at radius 2 is 1.85 bits per heavy atom. The van der Waals surface area contributed by atoms with Crippen molar-refractivity contribution in [3.8, 4) is 18.1 Å². The normalized spacial score (nSPS) is 10.6. The van der Waals surface area contributed by atoms with Crippen LogP contribution in [0.25, 0.3) is 0 Å². The second-order valence-corrected chi connectivity index (χ2v) is 2.58. The summed E-state index contributed by atoms with van der Waals surface area (Å²) in [7, 11) is 0. The van der Waals surface area contributed by atoms with E-state index >= 15 is 0 Å². The summed E-state index contributed by atoms with van der Waals surface area (Å²) < 4.78 is 29.0. The van der Waals surface area contributed by atoms with Gasteiger partial charge in [0.25, 0.3) is 0 Å². The van der Waals surface area contributed by atoms with Gasteiger partial charge in [-0.05, 0) is 24.3 Å². The summed E-state index contributed by atoms with van der Waals surface area (Å²) >= 11 is 0. The van der Waals surface area contributed by atoms with Gasteiger partial charge in [-0.1, -0.05) is 5.92 Å². The van der Waals surface area contributed by atoms with Crippen molar-refractivity contribution in [2.75, 3.05) is 0 Å². The van der Waals surface area contributed by atoms with Gasteiger partial charge in [-0.15, -0.1) is 6.42 Å². The van der Waals surface area contributed by atoms with Crippen molar-refractivity contribution in [2.24, 2.45) is 0 Å². The van der Waals surface area contributed by atoms with E-state index in [0.29, 0.717) is 12.5 Å². The van der Waals surface area contributed by atoms with Gasteiger partial charge in [0.1, 0.15) is 5.75 Å². The van der Waals surface area contributed by atoms with E-state index in [9.17, 15) is 8.78 Å². The van der Waals surface area contributed by atoms with E-state index in [2.05, 4.69) is 10.7 Å². The SMILES string of the molecule is C#Cc1ccc(OC(C)(F)F)cc1. The molecule has 0 fully saturated rings. The third-order valence-corrected chi connectivity index (χ3v) is 1.32. The van der Waals surface area contributed by atoms with Crippen molar-refractivity contribution in [3.63, 3.8) is 0 Å². The van der Waals surface area contributed by atoms with Crippen LogP contribution in [0.15, 0.2) is 24.3 Å². The van der Waals surface area contributed by atoms with E-state index in [1.54, 1.807) is 12.1 Å². The molecule has 0 heterocycles. The van der Waals surface area contributed by atoms with Crippen LogP contribution in [0.2, 0.25) is 0 Å². The van der Waals surface area contributed by atoms with Gasteiger partial charge in [-0.2, -0.15) is 8.78 Å². The molecular weight excluding hydrogens is 174 g/mol. The Hall–Kier alpha value is -1.56. The van der Waals surface area contributed by atoms with Crippen LogP contribution in [0, 0.1) is 12.3 Å². The van der Waals surface area contributed by atoms with E-state index in [4.69, 9.17) is 6.42 Å². The number of rotatable bonds is 2. The molecule has 1 rings (SSSR count). The van der Waals surface area contributed by atoms with Crippen LogP contribution in [0.4, 0.5) is 8.78 Å². The summed E-state index contributed by atoms with van der Waals surface area (Å²) in [6.45, 7) is 0.683. The lowest BCUT2D eigenvalue weighted by Crippen LogP contribution is -2.18. The molecule has 0 amide bonds. The third-order valence-electron chi connectivity index (χ3n) is 1.32. The Kier molecular flexibility index (Phi) is 2.52. The highest BCUT2D eigenvalue weighted by Crippen LogP contribution is 2.20. The van der Waals surface area contributed by atoms with Gasteiger partial charge in [-0.25, -0.2) is 0 Å². The molecule has 0 saturated carbocycles. The van der Waals surface area contributed by atoms with Gasteiger partial charge in [0, 0.05) is 12.5 Å². The first-order valence-electron chi connectivity index (χ1n) is 3.65. The number of alkyl halides is 2. The van der Waals surface area contributed by atoms with Gasteiger partial charge in [0.15, 0.2) is 0 Å². The predicted octanol–water partition coefficient (Wildman–Crippen LogP) is 2.66. The average Bonchev–Trinajstić information content (AvgIpc) is 2.03. The molecule has 0 unspecified atom stereocenters. The van der Waals surface area contributed by atoms with E-state index in [1.165, 1.54) is 12.1 Å². The molecule has 13 heavy (non-hydrogen) atoms. The molecule has 1 aromatic rings. The van der Waals surface area contributed by atoms with Crippen LogP contribution >= 0.6 is 0 Å². The number of ether oxygens (including phenoxy) is 1. The molecule has 3 heteroatoms. The number of hydrogen-bond acceptors (Lipinski definition) is 1. The number of hydrogen-bond donors (Lipinski definition) is 0. The Morgan fingerprint density at radius 3 is 2.23 bits per heavy atom. The van der Waals surface area contributed by atoms with Crippen LogP contribution in [-0.4, -0.2) is 6.11 Å². The lowest BCUT2D eigenvalue weighted by atomic mass is 10.2. The fraction of sp³-hybridized carbons (Fsp3) is 0.200. The number of halogens is 2. The summed E-state index contributed by atoms with van der Waals surface area (Å²) in [5.41, 5.74) is 0.631. The molecule has 1 nitrogen and oxygen atoms in total. The van der Waals surface area contributed by atoms with Gasteiger partial charge in [0.2, 0.25) is 0 Å². The molecule has 0 spiro atoms. The van der Waals surface area contributed by atoms with E-state index in [0.717, 1.165) is 0 Å². The van der Waals surface area contributed by atoms with Crippen molar-refractivity contribution < 1.29 is 13.5 Å². The minimum atomic E-state index is -3.16. The maximum atomic E-state index is 12.3. The highest BCUT2D eigenvalue weighted by molar-refractivity contribution is 5.36. The summed E-state index contributed by atoms with van der Waals surface area (Å²) in [4.78, 5) is 0. The van der Waals surface area contributed by atoms with Gasteiger partial charge in [-0.3, -0.25) is 0 Å². The molecule has 0 radical (unpaired) electrons. The molecule has 0 aliphatic rings. The fourth-order valence-corrected chi connectivity index (χ4v) is 0.826. The molecule has 0 saturated heterocycles. The molecule has 0 atom stereocenters. The third kappa shape index (κ3) is 3.12. The monoisotopic (exact) mass is 182 g/mol. The molecule has 1 aromatic carbocycles. The first-order chi connectivity index (χ1) is 6.01. The van der Waals surface area contributed by atoms with Gasteiger partial charge >= 0.3 is 6.11 Å². The van der Waals surface area contributed by atoms with Crippen molar-refractivity contribution in [2.45, 2.75) is 13.0 Å². The molecule has 0 aliphatic heterocycles. The Morgan fingerprint density at radius 1 is 1.31 bits per heavy atom. The lowest BCUT2D eigenvalue weighted by Gasteiger charge is -2.12. The van der Waals surface area contributed by atoms with Crippen LogP contribution in [0.3, 0.4) is 0 Å². The smallest absolute Gasteiger partial charge is 0.394 e.